The van der Waals surface area contributed by atoms with E-state index in [-0.39, 0.29) is 30.3 Å². The number of nitrogens with zero attached hydrogens (tertiary/aromatic N) is 1. The van der Waals surface area contributed by atoms with E-state index >= 15 is 0 Å². The zero-order valence-electron chi connectivity index (χ0n) is 17.1. The predicted molar refractivity (Wildman–Crippen MR) is 109 cm³/mol. The molecule has 1 N–H and O–H groups in total. The molecule has 29 heavy (non-hydrogen) atoms. The molecule has 2 amide bonds. The molecule has 0 aromatic heterocycles. The largest absolute Gasteiger partial charge is 0.484 e. The van der Waals surface area contributed by atoms with Gasteiger partial charge in [-0.2, -0.15) is 0 Å². The maximum Gasteiger partial charge on any atom is 0.257 e. The number of amides is 2. The Bertz CT molecular complexity index is 897. The average Bonchev–Trinajstić information content (AvgIpc) is 2.69. The van der Waals surface area contributed by atoms with Crippen LogP contribution in [0.15, 0.2) is 42.5 Å². The number of hydrogen-bond donors (Lipinski definition) is 1. The summed E-state index contributed by atoms with van der Waals surface area (Å²) >= 11 is 0. The minimum Gasteiger partial charge on any atom is -0.484 e. The van der Waals surface area contributed by atoms with Gasteiger partial charge in [0.1, 0.15) is 11.6 Å². The van der Waals surface area contributed by atoms with Gasteiger partial charge in [-0.1, -0.05) is 32.0 Å². The summed E-state index contributed by atoms with van der Waals surface area (Å²) in [7, 11) is 0. The summed E-state index contributed by atoms with van der Waals surface area (Å²) in [5, 5.41) is 2.82. The van der Waals surface area contributed by atoms with Crippen LogP contribution in [0.4, 0.5) is 4.39 Å². The normalized spacial score (nSPS) is 15.8. The Labute approximate surface area is 170 Å². The van der Waals surface area contributed by atoms with Crippen molar-refractivity contribution >= 4 is 11.8 Å². The Kier molecular flexibility index (Phi) is 6.52. The lowest BCUT2D eigenvalue weighted by molar-refractivity contribution is -0.130. The van der Waals surface area contributed by atoms with Crippen LogP contribution in [-0.2, 0) is 16.0 Å². The fourth-order valence-electron chi connectivity index (χ4n) is 3.58. The summed E-state index contributed by atoms with van der Waals surface area (Å²) in [6.07, 6.45) is 0.718. The van der Waals surface area contributed by atoms with E-state index in [2.05, 4.69) is 5.32 Å². The van der Waals surface area contributed by atoms with E-state index in [1.165, 1.54) is 19.1 Å². The number of rotatable bonds is 6. The van der Waals surface area contributed by atoms with Gasteiger partial charge < -0.3 is 15.0 Å². The van der Waals surface area contributed by atoms with Crippen molar-refractivity contribution in [2.45, 2.75) is 33.2 Å². The third-order valence-electron chi connectivity index (χ3n) is 4.99. The number of carbonyl (C=O) groups is 2. The van der Waals surface area contributed by atoms with Gasteiger partial charge in [0, 0.05) is 20.0 Å². The molecule has 0 spiro atoms. The van der Waals surface area contributed by atoms with Gasteiger partial charge in [-0.05, 0) is 53.3 Å². The Hall–Kier alpha value is -2.89. The molecule has 0 saturated carbocycles. The fourth-order valence-corrected chi connectivity index (χ4v) is 3.58. The van der Waals surface area contributed by atoms with Gasteiger partial charge in [0.2, 0.25) is 5.91 Å². The number of hydrogen-bond acceptors (Lipinski definition) is 3. The lowest BCUT2D eigenvalue weighted by atomic mass is 9.88. The molecule has 0 fully saturated rings. The van der Waals surface area contributed by atoms with Crippen molar-refractivity contribution in [3.8, 4) is 5.75 Å². The molecule has 1 unspecified atom stereocenters. The molecule has 0 radical (unpaired) electrons. The van der Waals surface area contributed by atoms with Gasteiger partial charge in [0.05, 0.1) is 6.04 Å². The third kappa shape index (κ3) is 5.13. The molecule has 6 heteroatoms. The molecular formula is C23H27FN2O3. The first-order valence-electron chi connectivity index (χ1n) is 9.90. The second-order valence-corrected chi connectivity index (χ2v) is 7.77. The Morgan fingerprint density at radius 2 is 2.03 bits per heavy atom. The highest BCUT2D eigenvalue weighted by Gasteiger charge is 2.31. The van der Waals surface area contributed by atoms with Crippen LogP contribution in [0.3, 0.4) is 0 Å². The summed E-state index contributed by atoms with van der Waals surface area (Å²) in [5.41, 5.74) is 2.71. The molecule has 0 bridgehead atoms. The molecule has 2 aromatic carbocycles. The van der Waals surface area contributed by atoms with Gasteiger partial charge in [0.15, 0.2) is 6.61 Å². The van der Waals surface area contributed by atoms with E-state index < -0.39 is 0 Å². The highest BCUT2D eigenvalue weighted by atomic mass is 19.1. The maximum atomic E-state index is 13.9. The van der Waals surface area contributed by atoms with Crippen LogP contribution < -0.4 is 10.1 Å². The molecule has 0 saturated heterocycles. The molecule has 1 aliphatic heterocycles. The molecule has 2 aromatic rings. The van der Waals surface area contributed by atoms with Crippen LogP contribution in [0.5, 0.6) is 5.75 Å². The van der Waals surface area contributed by atoms with Crippen LogP contribution in [0.1, 0.15) is 43.5 Å². The molecular weight excluding hydrogens is 371 g/mol. The topological polar surface area (TPSA) is 58.6 Å². The molecule has 0 aliphatic carbocycles. The second kappa shape index (κ2) is 9.07. The van der Waals surface area contributed by atoms with Gasteiger partial charge in [0.25, 0.3) is 5.91 Å². The number of halogens is 1. The smallest absolute Gasteiger partial charge is 0.257 e. The summed E-state index contributed by atoms with van der Waals surface area (Å²) < 4.78 is 19.6. The first-order valence-corrected chi connectivity index (χ1v) is 9.90. The number of carbonyl (C=O) groups excluding carboxylic acids is 2. The molecule has 3 rings (SSSR count). The van der Waals surface area contributed by atoms with Gasteiger partial charge in [-0.15, -0.1) is 0 Å². The highest BCUT2D eigenvalue weighted by molar-refractivity contribution is 5.77. The Morgan fingerprint density at radius 3 is 2.72 bits per heavy atom. The van der Waals surface area contributed by atoms with E-state index in [9.17, 15) is 14.0 Å². The Balaban J connectivity index is 1.86. The standard InChI is InChI=1S/C23H27FN2O3/c1-15(2)13-25-22(28)14-29-20-8-7-17-9-10-26(16(3)27)23(21(17)12-20)18-5-4-6-19(24)11-18/h4-8,11-12,15,23H,9-10,13-14H2,1-3H3,(H,25,28). The summed E-state index contributed by atoms with van der Waals surface area (Å²) in [6, 6.07) is 11.6. The van der Waals surface area contributed by atoms with Crippen molar-refractivity contribution in [3.05, 3.63) is 65.0 Å². The third-order valence-corrected chi connectivity index (χ3v) is 4.99. The van der Waals surface area contributed by atoms with Crippen molar-refractivity contribution in [1.82, 2.24) is 10.2 Å². The number of fused-ring (bicyclic) bond motifs is 1. The maximum absolute atomic E-state index is 13.9. The molecule has 1 atom stereocenters. The van der Waals surface area contributed by atoms with Crippen molar-refractivity contribution in [2.24, 2.45) is 5.92 Å². The van der Waals surface area contributed by atoms with E-state index in [1.807, 2.05) is 38.1 Å². The SMILES string of the molecule is CC(=O)N1CCc2ccc(OCC(=O)NCC(C)C)cc2C1c1cccc(F)c1. The molecule has 154 valence electrons. The first kappa shape index (κ1) is 20.8. The van der Waals surface area contributed by atoms with Crippen molar-refractivity contribution < 1.29 is 18.7 Å². The van der Waals surface area contributed by atoms with Gasteiger partial charge in [-0.3, -0.25) is 9.59 Å². The summed E-state index contributed by atoms with van der Waals surface area (Å²) in [5.74, 6) is 0.336. The summed E-state index contributed by atoms with van der Waals surface area (Å²) in [6.45, 7) is 6.67. The monoisotopic (exact) mass is 398 g/mol. The van der Waals surface area contributed by atoms with Crippen molar-refractivity contribution in [3.63, 3.8) is 0 Å². The fraction of sp³-hybridized carbons (Fsp3) is 0.391. The second-order valence-electron chi connectivity index (χ2n) is 7.77. The van der Waals surface area contributed by atoms with Gasteiger partial charge >= 0.3 is 0 Å². The lowest BCUT2D eigenvalue weighted by Gasteiger charge is -2.37. The highest BCUT2D eigenvalue weighted by Crippen LogP contribution is 2.37. The van der Waals surface area contributed by atoms with Gasteiger partial charge in [-0.25, -0.2) is 4.39 Å². The lowest BCUT2D eigenvalue weighted by Crippen LogP contribution is -2.39. The predicted octanol–water partition coefficient (Wildman–Crippen LogP) is 3.47. The zero-order chi connectivity index (χ0) is 21.0. The minimum atomic E-state index is -0.384. The number of nitrogens with one attached hydrogen (secondary N) is 1. The molecule has 1 heterocycles. The van der Waals surface area contributed by atoms with E-state index in [0.717, 1.165) is 17.5 Å². The summed E-state index contributed by atoms with van der Waals surface area (Å²) in [4.78, 5) is 25.9. The number of benzene rings is 2. The quantitative estimate of drug-likeness (QED) is 0.811. The molecule has 1 aliphatic rings. The van der Waals surface area contributed by atoms with E-state index in [1.54, 1.807) is 11.0 Å². The van der Waals surface area contributed by atoms with Crippen LogP contribution in [0.2, 0.25) is 0 Å². The van der Waals surface area contributed by atoms with Crippen LogP contribution >= 0.6 is 0 Å². The number of ether oxygens (including phenoxy) is 1. The van der Waals surface area contributed by atoms with Crippen molar-refractivity contribution in [1.29, 1.82) is 0 Å². The zero-order valence-corrected chi connectivity index (χ0v) is 17.1. The van der Waals surface area contributed by atoms with E-state index in [0.29, 0.717) is 30.3 Å². The first-order chi connectivity index (χ1) is 13.8. The average molecular weight is 398 g/mol. The van der Waals surface area contributed by atoms with Crippen LogP contribution in [-0.4, -0.2) is 36.4 Å². The van der Waals surface area contributed by atoms with Crippen LogP contribution in [0, 0.1) is 11.7 Å². The Morgan fingerprint density at radius 1 is 1.24 bits per heavy atom. The van der Waals surface area contributed by atoms with Crippen LogP contribution in [0.25, 0.3) is 0 Å². The molecule has 5 nitrogen and oxygen atoms in total. The van der Waals surface area contributed by atoms with E-state index in [4.69, 9.17) is 4.74 Å². The minimum absolute atomic E-state index is 0.0655. The van der Waals surface area contributed by atoms with Crippen molar-refractivity contribution in [2.75, 3.05) is 19.7 Å².